The van der Waals surface area contributed by atoms with Crippen molar-refractivity contribution < 1.29 is 9.59 Å². The van der Waals surface area contributed by atoms with Crippen LogP contribution in [0.2, 0.25) is 0 Å². The van der Waals surface area contributed by atoms with Gasteiger partial charge < -0.3 is 16.0 Å². The van der Waals surface area contributed by atoms with E-state index in [9.17, 15) is 9.59 Å². The molecule has 1 atom stereocenters. The minimum atomic E-state index is -0.601. The van der Waals surface area contributed by atoms with Gasteiger partial charge in [0.15, 0.2) is 0 Å². The van der Waals surface area contributed by atoms with E-state index < -0.39 is 6.04 Å². The fourth-order valence-electron chi connectivity index (χ4n) is 1.58. The number of para-hydroxylation sites is 1. The number of carbonyl (C=O) groups excluding carboxylic acids is 2. The lowest BCUT2D eigenvalue weighted by atomic mass is 10.3. The topological polar surface area (TPSA) is 75.4 Å². The van der Waals surface area contributed by atoms with Crippen LogP contribution in [-0.4, -0.2) is 42.6 Å². The van der Waals surface area contributed by atoms with E-state index in [0.717, 1.165) is 10.6 Å². The quantitative estimate of drug-likeness (QED) is 0.794. The average Bonchev–Trinajstić information content (AvgIpc) is 2.38. The molecule has 0 aliphatic heterocycles. The number of carbonyl (C=O) groups is 2. The van der Waals surface area contributed by atoms with Gasteiger partial charge in [-0.25, -0.2) is 0 Å². The second-order valence-corrected chi connectivity index (χ2v) is 5.08. The van der Waals surface area contributed by atoms with E-state index in [0.29, 0.717) is 0 Å². The summed E-state index contributed by atoms with van der Waals surface area (Å²) >= 11 is 1.55. The first-order chi connectivity index (χ1) is 8.95. The predicted octanol–water partition coefficient (Wildman–Crippen LogP) is 1.15. The van der Waals surface area contributed by atoms with Crippen LogP contribution in [0.4, 0.5) is 5.69 Å². The highest BCUT2D eigenvalue weighted by Gasteiger charge is 2.16. The van der Waals surface area contributed by atoms with Crippen molar-refractivity contribution in [3.63, 3.8) is 0 Å². The van der Waals surface area contributed by atoms with Crippen LogP contribution in [0.1, 0.15) is 6.92 Å². The van der Waals surface area contributed by atoms with Crippen LogP contribution in [0, 0.1) is 0 Å². The Morgan fingerprint density at radius 2 is 2.05 bits per heavy atom. The zero-order chi connectivity index (χ0) is 14.4. The van der Waals surface area contributed by atoms with E-state index in [1.807, 2.05) is 30.5 Å². The van der Waals surface area contributed by atoms with Gasteiger partial charge in [-0.1, -0.05) is 12.1 Å². The van der Waals surface area contributed by atoms with Crippen molar-refractivity contribution in [3.05, 3.63) is 24.3 Å². The van der Waals surface area contributed by atoms with Crippen LogP contribution in [0.5, 0.6) is 0 Å². The maximum atomic E-state index is 11.9. The summed E-state index contributed by atoms with van der Waals surface area (Å²) in [5, 5.41) is 2.79. The smallest absolute Gasteiger partial charge is 0.244 e. The molecule has 0 aliphatic carbocycles. The summed E-state index contributed by atoms with van der Waals surface area (Å²) in [6.07, 6.45) is 1.94. The Morgan fingerprint density at radius 3 is 2.63 bits per heavy atom. The third kappa shape index (κ3) is 4.57. The number of nitrogens with zero attached hydrogens (tertiary/aromatic N) is 1. The SMILES string of the molecule is CSc1ccccc1NC(=O)CN(C)C(=O)C(C)N. The van der Waals surface area contributed by atoms with Gasteiger partial charge in [0, 0.05) is 11.9 Å². The van der Waals surface area contributed by atoms with Gasteiger partial charge in [-0.3, -0.25) is 9.59 Å². The molecule has 0 aromatic heterocycles. The Hall–Kier alpha value is -1.53. The molecule has 19 heavy (non-hydrogen) atoms. The fraction of sp³-hybridized carbons (Fsp3) is 0.385. The molecule has 1 aromatic carbocycles. The predicted molar refractivity (Wildman–Crippen MR) is 78.1 cm³/mol. The molecule has 0 bridgehead atoms. The van der Waals surface area contributed by atoms with Gasteiger partial charge in [-0.05, 0) is 25.3 Å². The van der Waals surface area contributed by atoms with Crippen LogP contribution in [-0.2, 0) is 9.59 Å². The van der Waals surface area contributed by atoms with Crippen molar-refractivity contribution in [2.75, 3.05) is 25.2 Å². The number of rotatable bonds is 5. The first kappa shape index (κ1) is 15.5. The molecule has 0 radical (unpaired) electrons. The Morgan fingerprint density at radius 1 is 1.42 bits per heavy atom. The van der Waals surface area contributed by atoms with Gasteiger partial charge in [-0.2, -0.15) is 0 Å². The number of anilines is 1. The molecule has 3 N–H and O–H groups in total. The van der Waals surface area contributed by atoms with Crippen LogP contribution >= 0.6 is 11.8 Å². The van der Waals surface area contributed by atoms with Crippen molar-refractivity contribution in [1.82, 2.24) is 4.90 Å². The Balaban J connectivity index is 2.63. The van der Waals surface area contributed by atoms with Gasteiger partial charge in [-0.15, -0.1) is 11.8 Å². The van der Waals surface area contributed by atoms with Crippen molar-refractivity contribution >= 4 is 29.3 Å². The van der Waals surface area contributed by atoms with E-state index in [1.54, 1.807) is 25.7 Å². The van der Waals surface area contributed by atoms with Gasteiger partial charge >= 0.3 is 0 Å². The van der Waals surface area contributed by atoms with Crippen LogP contribution in [0.3, 0.4) is 0 Å². The number of likely N-dealkylation sites (N-methyl/N-ethyl adjacent to an activating group) is 1. The highest BCUT2D eigenvalue weighted by Crippen LogP contribution is 2.24. The Kier molecular flexibility index (Phi) is 5.85. The molecular formula is C13H19N3O2S. The molecule has 104 valence electrons. The molecule has 5 nitrogen and oxygen atoms in total. The number of nitrogens with two attached hydrogens (primary N) is 1. The van der Waals surface area contributed by atoms with E-state index >= 15 is 0 Å². The van der Waals surface area contributed by atoms with Gasteiger partial charge in [0.05, 0.1) is 18.3 Å². The molecule has 0 aliphatic rings. The lowest BCUT2D eigenvalue weighted by molar-refractivity contribution is -0.134. The Bertz CT molecular complexity index is 463. The zero-order valence-corrected chi connectivity index (χ0v) is 12.2. The molecule has 1 unspecified atom stereocenters. The summed E-state index contributed by atoms with van der Waals surface area (Å²) in [4.78, 5) is 25.7. The maximum absolute atomic E-state index is 11.9. The lowest BCUT2D eigenvalue weighted by Crippen LogP contribution is -2.43. The number of hydrogen-bond donors (Lipinski definition) is 2. The second-order valence-electron chi connectivity index (χ2n) is 4.23. The number of benzene rings is 1. The van der Waals surface area contributed by atoms with Crippen LogP contribution < -0.4 is 11.1 Å². The summed E-state index contributed by atoms with van der Waals surface area (Å²) in [5.41, 5.74) is 6.24. The summed E-state index contributed by atoms with van der Waals surface area (Å²) in [6, 6.07) is 6.92. The molecule has 1 aromatic rings. The number of nitrogens with one attached hydrogen (secondary N) is 1. The summed E-state index contributed by atoms with van der Waals surface area (Å²) in [5.74, 6) is -0.494. The molecule has 0 saturated carbocycles. The monoisotopic (exact) mass is 281 g/mol. The van der Waals surface area contributed by atoms with Gasteiger partial charge in [0.25, 0.3) is 0 Å². The van der Waals surface area contributed by atoms with Crippen molar-refractivity contribution in [2.24, 2.45) is 5.73 Å². The summed E-state index contributed by atoms with van der Waals surface area (Å²) in [7, 11) is 1.56. The summed E-state index contributed by atoms with van der Waals surface area (Å²) < 4.78 is 0. The molecule has 0 saturated heterocycles. The van der Waals surface area contributed by atoms with E-state index in [-0.39, 0.29) is 18.4 Å². The average molecular weight is 281 g/mol. The first-order valence-electron chi connectivity index (χ1n) is 5.89. The first-order valence-corrected chi connectivity index (χ1v) is 7.11. The highest BCUT2D eigenvalue weighted by atomic mass is 32.2. The molecule has 0 heterocycles. The minimum Gasteiger partial charge on any atom is -0.335 e. The lowest BCUT2D eigenvalue weighted by Gasteiger charge is -2.19. The van der Waals surface area contributed by atoms with Crippen molar-refractivity contribution in [3.8, 4) is 0 Å². The van der Waals surface area contributed by atoms with Gasteiger partial charge in [0.1, 0.15) is 0 Å². The van der Waals surface area contributed by atoms with E-state index in [4.69, 9.17) is 5.73 Å². The minimum absolute atomic E-state index is 0.0108. The fourth-order valence-corrected chi connectivity index (χ4v) is 2.13. The number of amides is 2. The van der Waals surface area contributed by atoms with E-state index in [1.165, 1.54) is 4.90 Å². The molecule has 0 fully saturated rings. The molecule has 6 heteroatoms. The Labute approximate surface area is 117 Å². The van der Waals surface area contributed by atoms with Crippen molar-refractivity contribution in [1.29, 1.82) is 0 Å². The number of hydrogen-bond acceptors (Lipinski definition) is 4. The second kappa shape index (κ2) is 7.16. The number of thioether (sulfide) groups is 1. The van der Waals surface area contributed by atoms with E-state index in [2.05, 4.69) is 5.32 Å². The third-order valence-electron chi connectivity index (χ3n) is 2.53. The van der Waals surface area contributed by atoms with Crippen LogP contribution in [0.15, 0.2) is 29.2 Å². The molecule has 2 amide bonds. The third-order valence-corrected chi connectivity index (χ3v) is 3.32. The highest BCUT2D eigenvalue weighted by molar-refractivity contribution is 7.98. The van der Waals surface area contributed by atoms with Crippen LogP contribution in [0.25, 0.3) is 0 Å². The largest absolute Gasteiger partial charge is 0.335 e. The standard InChI is InChI=1S/C13H19N3O2S/c1-9(14)13(18)16(2)8-12(17)15-10-6-4-5-7-11(10)19-3/h4-7,9H,8,14H2,1-3H3,(H,15,17). The molecule has 1 rings (SSSR count). The molecular weight excluding hydrogens is 262 g/mol. The van der Waals surface area contributed by atoms with Crippen molar-refractivity contribution in [2.45, 2.75) is 17.9 Å². The zero-order valence-electron chi connectivity index (χ0n) is 11.3. The van der Waals surface area contributed by atoms with Gasteiger partial charge in [0.2, 0.25) is 11.8 Å². The summed E-state index contributed by atoms with van der Waals surface area (Å²) in [6.45, 7) is 1.59. The molecule has 0 spiro atoms. The normalized spacial score (nSPS) is 11.8. The maximum Gasteiger partial charge on any atom is 0.244 e.